The first-order valence-electron chi connectivity index (χ1n) is 6.11. The molecule has 3 heterocycles. The summed E-state index contributed by atoms with van der Waals surface area (Å²) in [4.78, 5) is 21.5. The predicted octanol–water partition coefficient (Wildman–Crippen LogP) is 0.735. The molecule has 0 bridgehead atoms. The summed E-state index contributed by atoms with van der Waals surface area (Å²) >= 11 is 0. The van der Waals surface area contributed by atoms with Crippen LogP contribution in [0.25, 0.3) is 0 Å². The molecule has 0 unspecified atom stereocenters. The van der Waals surface area contributed by atoms with E-state index >= 15 is 0 Å². The first kappa shape index (κ1) is 11.9. The topological polar surface area (TPSA) is 86.9 Å². The summed E-state index contributed by atoms with van der Waals surface area (Å²) in [5, 5.41) is 6.47. The number of hydrogen-bond acceptors (Lipinski definition) is 4. The normalized spacial score (nSPS) is 22.9. The maximum absolute atomic E-state index is 12.4. The van der Waals surface area contributed by atoms with Gasteiger partial charge in [0.05, 0.1) is 23.9 Å². The number of H-pyrrole nitrogens is 2. The molecule has 2 atom stereocenters. The number of imidazole rings is 1. The summed E-state index contributed by atoms with van der Waals surface area (Å²) in [7, 11) is 1.66. The molecule has 1 aliphatic heterocycles. The zero-order chi connectivity index (χ0) is 13.2. The summed E-state index contributed by atoms with van der Waals surface area (Å²) in [6, 6.07) is -0.0812. The minimum atomic E-state index is -0.0812. The van der Waals surface area contributed by atoms with Crippen LogP contribution in [-0.4, -0.2) is 50.7 Å². The van der Waals surface area contributed by atoms with Gasteiger partial charge in [0.25, 0.3) is 5.91 Å². The van der Waals surface area contributed by atoms with E-state index in [1.165, 1.54) is 6.20 Å². The Morgan fingerprint density at radius 1 is 1.58 bits per heavy atom. The molecule has 3 rings (SSSR count). The van der Waals surface area contributed by atoms with Crippen LogP contribution in [0.4, 0.5) is 0 Å². The Kier molecular flexibility index (Phi) is 3.04. The Balaban J connectivity index is 1.87. The highest BCUT2D eigenvalue weighted by Crippen LogP contribution is 2.32. The van der Waals surface area contributed by atoms with Crippen LogP contribution in [0.5, 0.6) is 0 Å². The molecule has 0 aliphatic carbocycles. The lowest BCUT2D eigenvalue weighted by Gasteiger charge is -2.22. The number of nitrogens with one attached hydrogen (secondary N) is 2. The number of ether oxygens (including phenoxy) is 1. The maximum Gasteiger partial charge on any atom is 0.257 e. The molecular formula is C12H15N5O2. The van der Waals surface area contributed by atoms with Crippen LogP contribution >= 0.6 is 0 Å². The molecule has 2 aromatic rings. The van der Waals surface area contributed by atoms with Gasteiger partial charge in [-0.3, -0.25) is 9.89 Å². The zero-order valence-electron chi connectivity index (χ0n) is 10.5. The standard InChI is InChI=1S/C12H15N5O2/c1-19-9-4-10(11-13-2-3-14-11)17(7-9)12(18)8-5-15-16-6-8/h2-3,5-6,9-10H,4,7H2,1H3,(H,13,14)(H,15,16)/t9-,10+/m1/s1. The number of carbonyl (C=O) groups is 1. The summed E-state index contributed by atoms with van der Waals surface area (Å²) in [5.41, 5.74) is 0.549. The van der Waals surface area contributed by atoms with Crippen molar-refractivity contribution in [2.75, 3.05) is 13.7 Å². The fraction of sp³-hybridized carbons (Fsp3) is 0.417. The number of aromatic amines is 2. The van der Waals surface area contributed by atoms with Gasteiger partial charge in [-0.2, -0.15) is 5.10 Å². The lowest BCUT2D eigenvalue weighted by Crippen LogP contribution is -2.32. The molecule has 2 N–H and O–H groups in total. The number of aromatic nitrogens is 4. The predicted molar refractivity (Wildman–Crippen MR) is 66.4 cm³/mol. The van der Waals surface area contributed by atoms with Crippen molar-refractivity contribution in [1.29, 1.82) is 0 Å². The van der Waals surface area contributed by atoms with Crippen LogP contribution in [0.3, 0.4) is 0 Å². The summed E-state index contributed by atoms with van der Waals surface area (Å²) < 4.78 is 5.38. The Morgan fingerprint density at radius 2 is 2.47 bits per heavy atom. The molecule has 0 radical (unpaired) electrons. The van der Waals surface area contributed by atoms with Crippen molar-refractivity contribution in [3.05, 3.63) is 36.2 Å². The van der Waals surface area contributed by atoms with E-state index in [1.54, 1.807) is 30.6 Å². The van der Waals surface area contributed by atoms with Gasteiger partial charge in [0.15, 0.2) is 0 Å². The smallest absolute Gasteiger partial charge is 0.257 e. The van der Waals surface area contributed by atoms with Gasteiger partial charge in [-0.1, -0.05) is 0 Å². The van der Waals surface area contributed by atoms with Gasteiger partial charge in [-0.25, -0.2) is 4.98 Å². The van der Waals surface area contributed by atoms with Crippen molar-refractivity contribution in [2.24, 2.45) is 0 Å². The highest BCUT2D eigenvalue weighted by Gasteiger charge is 2.38. The van der Waals surface area contributed by atoms with E-state index in [-0.39, 0.29) is 18.1 Å². The van der Waals surface area contributed by atoms with Crippen molar-refractivity contribution >= 4 is 5.91 Å². The minimum Gasteiger partial charge on any atom is -0.380 e. The molecule has 1 aliphatic rings. The highest BCUT2D eigenvalue weighted by molar-refractivity contribution is 5.94. The van der Waals surface area contributed by atoms with Crippen LogP contribution in [-0.2, 0) is 4.74 Å². The minimum absolute atomic E-state index is 0.0333. The monoisotopic (exact) mass is 261 g/mol. The van der Waals surface area contributed by atoms with Gasteiger partial charge in [-0.15, -0.1) is 0 Å². The average molecular weight is 261 g/mol. The first-order chi connectivity index (χ1) is 9.29. The molecule has 2 aromatic heterocycles. The molecule has 1 saturated heterocycles. The van der Waals surface area contributed by atoms with Crippen molar-refractivity contribution in [3.8, 4) is 0 Å². The SMILES string of the molecule is CO[C@@H]1C[C@@H](c2ncc[nH]2)N(C(=O)c2cn[nH]c2)C1. The maximum atomic E-state index is 12.4. The fourth-order valence-corrected chi connectivity index (χ4v) is 2.45. The Bertz CT molecular complexity index is 536. The Labute approximate surface area is 110 Å². The van der Waals surface area contributed by atoms with Gasteiger partial charge in [0.2, 0.25) is 0 Å². The van der Waals surface area contributed by atoms with Gasteiger partial charge < -0.3 is 14.6 Å². The molecule has 0 saturated carbocycles. The van der Waals surface area contributed by atoms with E-state index in [2.05, 4.69) is 20.2 Å². The van der Waals surface area contributed by atoms with Gasteiger partial charge in [0.1, 0.15) is 5.82 Å². The Morgan fingerprint density at radius 3 is 3.11 bits per heavy atom. The van der Waals surface area contributed by atoms with E-state index in [0.717, 1.165) is 12.2 Å². The number of hydrogen-bond donors (Lipinski definition) is 2. The molecule has 100 valence electrons. The third-order valence-corrected chi connectivity index (χ3v) is 3.44. The molecule has 7 heteroatoms. The van der Waals surface area contributed by atoms with Crippen LogP contribution in [0.1, 0.15) is 28.6 Å². The van der Waals surface area contributed by atoms with E-state index in [9.17, 15) is 4.79 Å². The van der Waals surface area contributed by atoms with Gasteiger partial charge in [0, 0.05) is 38.7 Å². The number of likely N-dealkylation sites (tertiary alicyclic amines) is 1. The fourth-order valence-electron chi connectivity index (χ4n) is 2.45. The van der Waals surface area contributed by atoms with E-state index in [4.69, 9.17) is 4.74 Å². The number of methoxy groups -OCH3 is 1. The first-order valence-corrected chi connectivity index (χ1v) is 6.11. The van der Waals surface area contributed by atoms with Crippen molar-refractivity contribution in [3.63, 3.8) is 0 Å². The van der Waals surface area contributed by atoms with Crippen LogP contribution in [0.2, 0.25) is 0 Å². The number of nitrogens with zero attached hydrogens (tertiary/aromatic N) is 3. The lowest BCUT2D eigenvalue weighted by atomic mass is 10.2. The second-order valence-corrected chi connectivity index (χ2v) is 4.53. The molecule has 1 fully saturated rings. The largest absolute Gasteiger partial charge is 0.380 e. The average Bonchev–Trinajstić information content (AvgIpc) is 3.16. The Hall–Kier alpha value is -2.15. The number of rotatable bonds is 3. The van der Waals surface area contributed by atoms with Crippen molar-refractivity contribution in [2.45, 2.75) is 18.6 Å². The molecule has 19 heavy (non-hydrogen) atoms. The van der Waals surface area contributed by atoms with Crippen molar-refractivity contribution in [1.82, 2.24) is 25.1 Å². The molecule has 1 amide bonds. The van der Waals surface area contributed by atoms with Crippen LogP contribution < -0.4 is 0 Å². The second-order valence-electron chi connectivity index (χ2n) is 4.53. The number of carbonyl (C=O) groups excluding carboxylic acids is 1. The summed E-state index contributed by atoms with van der Waals surface area (Å²) in [6.07, 6.45) is 7.36. The molecule has 7 nitrogen and oxygen atoms in total. The van der Waals surface area contributed by atoms with Gasteiger partial charge in [-0.05, 0) is 0 Å². The summed E-state index contributed by atoms with van der Waals surface area (Å²) in [6.45, 7) is 0.561. The number of amides is 1. The van der Waals surface area contributed by atoms with E-state index in [1.807, 2.05) is 0 Å². The molecular weight excluding hydrogens is 246 g/mol. The van der Waals surface area contributed by atoms with Crippen LogP contribution in [0, 0.1) is 0 Å². The lowest BCUT2D eigenvalue weighted by molar-refractivity contribution is 0.0684. The zero-order valence-corrected chi connectivity index (χ0v) is 10.5. The van der Waals surface area contributed by atoms with Crippen molar-refractivity contribution < 1.29 is 9.53 Å². The van der Waals surface area contributed by atoms with E-state index in [0.29, 0.717) is 12.1 Å². The summed E-state index contributed by atoms with van der Waals surface area (Å²) in [5.74, 6) is 0.728. The molecule has 0 aromatic carbocycles. The van der Waals surface area contributed by atoms with Gasteiger partial charge >= 0.3 is 0 Å². The third-order valence-electron chi connectivity index (χ3n) is 3.44. The highest BCUT2D eigenvalue weighted by atomic mass is 16.5. The third kappa shape index (κ3) is 2.12. The quantitative estimate of drug-likeness (QED) is 0.853. The molecule has 0 spiro atoms. The van der Waals surface area contributed by atoms with E-state index < -0.39 is 0 Å². The second kappa shape index (κ2) is 4.85. The van der Waals surface area contributed by atoms with Crippen LogP contribution in [0.15, 0.2) is 24.8 Å².